The molecule has 0 radical (unpaired) electrons. The summed E-state index contributed by atoms with van der Waals surface area (Å²) in [5, 5.41) is 26.2. The van der Waals surface area contributed by atoms with Crippen molar-refractivity contribution in [2.24, 2.45) is 11.1 Å². The van der Waals surface area contributed by atoms with Crippen molar-refractivity contribution in [3.63, 3.8) is 0 Å². The van der Waals surface area contributed by atoms with Gasteiger partial charge >= 0.3 is 10.4 Å². The largest absolute Gasteiger partial charge is 0.503 e. The van der Waals surface area contributed by atoms with Gasteiger partial charge in [0.2, 0.25) is 17.0 Å². The second kappa shape index (κ2) is 9.92. The second-order valence-corrected chi connectivity index (χ2v) is 10.4. The molecule has 17 nitrogen and oxygen atoms in total. The van der Waals surface area contributed by atoms with Gasteiger partial charge in [0.25, 0.3) is 11.8 Å². The van der Waals surface area contributed by atoms with E-state index in [1.807, 2.05) is 0 Å². The molecule has 0 spiro atoms. The van der Waals surface area contributed by atoms with Crippen molar-refractivity contribution in [1.29, 1.82) is 0 Å². The number of hydroxylamine groups is 2. The van der Waals surface area contributed by atoms with Gasteiger partial charge in [-0.3, -0.25) is 18.9 Å². The smallest absolute Gasteiger partial charge is 0.418 e. The Bertz CT molecular complexity index is 1420. The van der Waals surface area contributed by atoms with E-state index in [9.17, 15) is 33.1 Å². The van der Waals surface area contributed by atoms with Crippen LogP contribution in [0, 0.1) is 5.92 Å². The van der Waals surface area contributed by atoms with Gasteiger partial charge in [0.1, 0.15) is 11.7 Å². The minimum Gasteiger partial charge on any atom is -0.503 e. The Hall–Kier alpha value is -3.81. The molecule has 1 aliphatic rings. The average Bonchev–Trinajstić information content (AvgIpc) is 3.21. The zero-order valence-corrected chi connectivity index (χ0v) is 21.3. The fourth-order valence-electron chi connectivity index (χ4n) is 3.30. The summed E-state index contributed by atoms with van der Waals surface area (Å²) in [6.45, 7) is 6.04. The molecule has 0 aromatic carbocycles. The Morgan fingerprint density at radius 2 is 2.00 bits per heavy atom. The quantitative estimate of drug-likeness (QED) is 0.0826. The molecule has 2 amide bonds. The summed E-state index contributed by atoms with van der Waals surface area (Å²) in [5.74, 6) is -3.42. The van der Waals surface area contributed by atoms with Crippen LogP contribution in [0.15, 0.2) is 22.2 Å². The van der Waals surface area contributed by atoms with Crippen LogP contribution in [0.5, 0.6) is 5.75 Å². The van der Waals surface area contributed by atoms with Gasteiger partial charge in [0.15, 0.2) is 17.0 Å². The Morgan fingerprint density at radius 3 is 2.51 bits per heavy atom. The maximum Gasteiger partial charge on any atom is 0.418 e. The van der Waals surface area contributed by atoms with Crippen LogP contribution in [0.2, 0.25) is 0 Å². The SMILES string of the molecule is CC(C)C(O/N=C(\C(=O)N[C@@H]1C(=O)N(OS(=O)(=O)O)C1(C)C)c1nsc(N)n1)c1cc(=O)c(O)cn1O. The lowest BCUT2D eigenvalue weighted by Gasteiger charge is -2.50. The van der Waals surface area contributed by atoms with Crippen molar-refractivity contribution >= 4 is 44.6 Å². The highest BCUT2D eigenvalue weighted by atomic mass is 32.3. The monoisotopic (exact) mass is 561 g/mol. The average molecular weight is 562 g/mol. The number of nitrogen functional groups attached to an aromatic ring is 1. The zero-order chi connectivity index (χ0) is 27.9. The van der Waals surface area contributed by atoms with Gasteiger partial charge in [0, 0.05) is 17.6 Å². The predicted molar refractivity (Wildman–Crippen MR) is 125 cm³/mol. The Balaban J connectivity index is 1.92. The van der Waals surface area contributed by atoms with Gasteiger partial charge in [-0.05, 0) is 19.8 Å². The zero-order valence-electron chi connectivity index (χ0n) is 19.7. The van der Waals surface area contributed by atoms with E-state index in [1.165, 1.54) is 13.8 Å². The van der Waals surface area contributed by atoms with Crippen molar-refractivity contribution in [1.82, 2.24) is 24.5 Å². The fraction of sp³-hybridized carbons (Fsp3) is 0.444. The molecule has 1 unspecified atom stereocenters. The Labute approximate surface area is 213 Å². The highest BCUT2D eigenvalue weighted by Gasteiger charge is 2.58. The van der Waals surface area contributed by atoms with Crippen LogP contribution < -0.4 is 16.5 Å². The molecular weight excluding hydrogens is 538 g/mol. The molecule has 2 atom stereocenters. The number of aromatic nitrogens is 3. The first-order valence-corrected chi connectivity index (χ1v) is 12.5. The molecule has 0 aliphatic carbocycles. The van der Waals surface area contributed by atoms with Crippen LogP contribution >= 0.6 is 11.5 Å². The highest BCUT2D eigenvalue weighted by Crippen LogP contribution is 2.33. The lowest BCUT2D eigenvalue weighted by Crippen LogP contribution is -2.76. The number of pyridine rings is 1. The van der Waals surface area contributed by atoms with Crippen LogP contribution in [0.1, 0.15) is 45.3 Å². The molecule has 6 N–H and O–H groups in total. The summed E-state index contributed by atoms with van der Waals surface area (Å²) in [7, 11) is -5.00. The molecule has 2 aromatic heterocycles. The second-order valence-electron chi connectivity index (χ2n) is 8.65. The van der Waals surface area contributed by atoms with Crippen LogP contribution in [-0.4, -0.2) is 71.5 Å². The number of anilines is 1. The molecule has 1 aliphatic heterocycles. The van der Waals surface area contributed by atoms with Crippen LogP contribution in [0.25, 0.3) is 0 Å². The van der Waals surface area contributed by atoms with Gasteiger partial charge < -0.3 is 26.2 Å². The fourth-order valence-corrected chi connectivity index (χ4v) is 4.19. The topological polar surface area (TPSA) is 249 Å². The van der Waals surface area contributed by atoms with E-state index in [2.05, 4.69) is 24.1 Å². The van der Waals surface area contributed by atoms with Gasteiger partial charge in [-0.15, -0.1) is 4.28 Å². The van der Waals surface area contributed by atoms with E-state index in [1.54, 1.807) is 13.8 Å². The molecule has 0 bridgehead atoms. The van der Waals surface area contributed by atoms with Crippen LogP contribution in [-0.2, 0) is 29.1 Å². The van der Waals surface area contributed by atoms with Crippen molar-refractivity contribution in [3.8, 4) is 5.75 Å². The van der Waals surface area contributed by atoms with Crippen molar-refractivity contribution in [2.75, 3.05) is 5.73 Å². The molecule has 202 valence electrons. The van der Waals surface area contributed by atoms with E-state index in [-0.39, 0.29) is 16.6 Å². The standard InChI is InChI=1S/C18H23N7O10S2/c1-7(2)12(8-5-9(26)10(27)6-24(8)30)34-22-11(14-21-17(19)36-23-14)15(28)20-13-16(29)25(18(13,3)4)35-37(31,32)33/h5-7,12-13,27,30H,1-4H3,(H,20,28)(H2,19,21,23)(H,31,32,33)/b22-11-/t12?,13-/m1/s1. The summed E-state index contributed by atoms with van der Waals surface area (Å²) in [4.78, 5) is 46.8. The molecule has 1 saturated heterocycles. The van der Waals surface area contributed by atoms with Crippen molar-refractivity contribution in [2.45, 2.75) is 45.4 Å². The molecule has 19 heteroatoms. The third-order valence-corrected chi connectivity index (χ3v) is 6.06. The summed E-state index contributed by atoms with van der Waals surface area (Å²) >= 11 is 0.736. The summed E-state index contributed by atoms with van der Waals surface area (Å²) in [6, 6.07) is -0.392. The number of hydrogen-bond acceptors (Lipinski definition) is 14. The Kier molecular flexibility index (Phi) is 7.44. The third-order valence-electron chi connectivity index (χ3n) is 5.18. The number of β-lactam (4-membered cyclic amide) rings is 1. The minimum atomic E-state index is -5.00. The first kappa shape index (κ1) is 27.8. The van der Waals surface area contributed by atoms with Gasteiger partial charge in [-0.25, -0.2) is 0 Å². The van der Waals surface area contributed by atoms with Crippen molar-refractivity contribution < 1.29 is 42.0 Å². The summed E-state index contributed by atoms with van der Waals surface area (Å²) in [6.07, 6.45) is -0.348. The molecular formula is C18H23N7O10S2. The third kappa shape index (κ3) is 5.79. The van der Waals surface area contributed by atoms with Gasteiger partial charge in [-0.2, -0.15) is 27.6 Å². The lowest BCUT2D eigenvalue weighted by atomic mass is 9.84. The number of nitrogens with one attached hydrogen (secondary N) is 1. The number of aromatic hydroxyl groups is 1. The van der Waals surface area contributed by atoms with E-state index < -0.39 is 62.7 Å². The normalized spacial score (nSPS) is 18.4. The molecule has 37 heavy (non-hydrogen) atoms. The maximum atomic E-state index is 13.1. The number of nitrogens with zero attached hydrogens (tertiary/aromatic N) is 5. The minimum absolute atomic E-state index is 0.0218. The highest BCUT2D eigenvalue weighted by molar-refractivity contribution is 7.80. The van der Waals surface area contributed by atoms with Gasteiger partial charge in [0.05, 0.1) is 11.7 Å². The van der Waals surface area contributed by atoms with Crippen molar-refractivity contribution in [3.05, 3.63) is 34.0 Å². The number of nitrogens with two attached hydrogens (primary N) is 1. The van der Waals surface area contributed by atoms with E-state index >= 15 is 0 Å². The number of hydrogen-bond donors (Lipinski definition) is 5. The maximum absolute atomic E-state index is 13.1. The number of oxime groups is 1. The van der Waals surface area contributed by atoms with E-state index in [4.69, 9.17) is 15.1 Å². The van der Waals surface area contributed by atoms with E-state index in [0.717, 1.165) is 23.8 Å². The lowest BCUT2D eigenvalue weighted by molar-refractivity contribution is -0.218. The number of rotatable bonds is 9. The first-order valence-electron chi connectivity index (χ1n) is 10.3. The molecule has 3 rings (SSSR count). The number of amides is 2. The number of carbonyl (C=O) groups excluding carboxylic acids is 2. The Morgan fingerprint density at radius 1 is 1.35 bits per heavy atom. The van der Waals surface area contributed by atoms with Crippen LogP contribution in [0.4, 0.5) is 5.13 Å². The number of carbonyl (C=O) groups is 2. The summed E-state index contributed by atoms with van der Waals surface area (Å²) in [5.41, 5.74) is 2.76. The van der Waals surface area contributed by atoms with Gasteiger partial charge in [-0.1, -0.05) is 19.0 Å². The molecule has 0 saturated carbocycles. The molecule has 2 aromatic rings. The molecule has 1 fully saturated rings. The molecule has 3 heterocycles. The summed E-state index contributed by atoms with van der Waals surface area (Å²) < 4.78 is 39.5. The van der Waals surface area contributed by atoms with Crippen LogP contribution in [0.3, 0.4) is 0 Å². The predicted octanol–water partition coefficient (Wildman–Crippen LogP) is -0.817. The van der Waals surface area contributed by atoms with E-state index in [0.29, 0.717) is 9.79 Å². The first-order chi connectivity index (χ1) is 17.0.